The highest BCUT2D eigenvalue weighted by molar-refractivity contribution is 7.90. The summed E-state index contributed by atoms with van der Waals surface area (Å²) in [4.78, 5) is 13.2. The van der Waals surface area contributed by atoms with E-state index in [9.17, 15) is 13.2 Å². The summed E-state index contributed by atoms with van der Waals surface area (Å²) in [5, 5.41) is 0. The van der Waals surface area contributed by atoms with E-state index in [1.165, 1.54) is 4.31 Å². The molecule has 0 aromatic carbocycles. The number of fused-ring (bicyclic) bond motifs is 1. The molecule has 0 aromatic heterocycles. The lowest BCUT2D eigenvalue weighted by molar-refractivity contribution is -0.133. The number of rotatable bonds is 4. The van der Waals surface area contributed by atoms with Crippen LogP contribution in [0.5, 0.6) is 0 Å². The molecule has 0 N–H and O–H groups in total. The van der Waals surface area contributed by atoms with Gasteiger partial charge in [0.1, 0.15) is 0 Å². The van der Waals surface area contributed by atoms with Gasteiger partial charge in [-0.05, 0) is 43.9 Å². The van der Waals surface area contributed by atoms with Crippen LogP contribution < -0.4 is 0 Å². The average Bonchev–Trinajstić information content (AvgIpc) is 2.98. The van der Waals surface area contributed by atoms with Crippen LogP contribution in [0, 0.1) is 34.5 Å². The number of carbonyl (C=O) groups is 1. The molecule has 4 atom stereocenters. The third kappa shape index (κ3) is 2.25. The normalized spacial score (nSPS) is 36.1. The van der Waals surface area contributed by atoms with Gasteiger partial charge in [-0.3, -0.25) is 4.79 Å². The summed E-state index contributed by atoms with van der Waals surface area (Å²) in [5.74, 6) is 6.00. The van der Waals surface area contributed by atoms with Gasteiger partial charge in [-0.15, -0.1) is 11.8 Å². The lowest BCUT2D eigenvalue weighted by atomic mass is 9.69. The van der Waals surface area contributed by atoms with E-state index in [1.54, 1.807) is 6.92 Å². The van der Waals surface area contributed by atoms with Crippen molar-refractivity contribution in [3.8, 4) is 11.8 Å². The van der Waals surface area contributed by atoms with Crippen molar-refractivity contribution in [2.24, 2.45) is 22.7 Å². The van der Waals surface area contributed by atoms with E-state index in [2.05, 4.69) is 25.7 Å². The van der Waals surface area contributed by atoms with Crippen molar-refractivity contribution in [3.63, 3.8) is 0 Å². The van der Waals surface area contributed by atoms with Gasteiger partial charge in [-0.1, -0.05) is 27.2 Å². The minimum atomic E-state index is -3.51. The summed E-state index contributed by atoms with van der Waals surface area (Å²) in [6.45, 7) is 8.20. The van der Waals surface area contributed by atoms with Crippen molar-refractivity contribution >= 4 is 15.9 Å². The average molecular weight is 352 g/mol. The molecule has 0 unspecified atom stereocenters. The molecule has 0 aromatic rings. The van der Waals surface area contributed by atoms with Crippen LogP contribution >= 0.6 is 0 Å². The molecule has 3 rings (SSSR count). The van der Waals surface area contributed by atoms with Gasteiger partial charge in [0.15, 0.2) is 0 Å². The van der Waals surface area contributed by atoms with Crippen LogP contribution in [0.15, 0.2) is 0 Å². The quantitative estimate of drug-likeness (QED) is 0.731. The van der Waals surface area contributed by atoms with Gasteiger partial charge in [0.05, 0.1) is 17.7 Å². The minimum Gasteiger partial charge on any atom is -0.273 e. The van der Waals surface area contributed by atoms with Gasteiger partial charge in [0.2, 0.25) is 15.9 Å². The van der Waals surface area contributed by atoms with Gasteiger partial charge in [0.25, 0.3) is 0 Å². The van der Waals surface area contributed by atoms with Crippen LogP contribution in [-0.2, 0) is 14.8 Å². The first-order chi connectivity index (χ1) is 11.2. The van der Waals surface area contributed by atoms with Crippen molar-refractivity contribution in [2.45, 2.75) is 72.3 Å². The molecule has 1 saturated heterocycles. The Balaban J connectivity index is 1.95. The Morgan fingerprint density at radius 2 is 2.08 bits per heavy atom. The third-order valence-electron chi connectivity index (χ3n) is 7.14. The van der Waals surface area contributed by atoms with Crippen LogP contribution in [0.2, 0.25) is 0 Å². The molecule has 24 heavy (non-hydrogen) atoms. The van der Waals surface area contributed by atoms with Gasteiger partial charge in [-0.2, -0.15) is 0 Å². The molecular formula is C19H29NO3S. The Morgan fingerprint density at radius 1 is 1.38 bits per heavy atom. The molecule has 2 saturated carbocycles. The maximum atomic E-state index is 13.2. The molecule has 2 aliphatic carbocycles. The van der Waals surface area contributed by atoms with Crippen molar-refractivity contribution in [1.82, 2.24) is 4.31 Å². The minimum absolute atomic E-state index is 0.00322. The number of carbonyl (C=O) groups excluding carboxylic acids is 1. The van der Waals surface area contributed by atoms with Gasteiger partial charge in [-0.25, -0.2) is 12.7 Å². The molecule has 3 aliphatic rings. The van der Waals surface area contributed by atoms with E-state index in [0.717, 1.165) is 25.7 Å². The Morgan fingerprint density at radius 3 is 2.67 bits per heavy atom. The second-order valence-electron chi connectivity index (χ2n) is 8.37. The van der Waals surface area contributed by atoms with Crippen LogP contribution in [0.4, 0.5) is 0 Å². The molecule has 1 spiro atoms. The van der Waals surface area contributed by atoms with Crippen LogP contribution in [0.1, 0.15) is 66.2 Å². The second-order valence-corrected chi connectivity index (χ2v) is 10.2. The number of nitrogens with zero attached hydrogens (tertiary/aromatic N) is 1. The van der Waals surface area contributed by atoms with Crippen molar-refractivity contribution in [3.05, 3.63) is 0 Å². The summed E-state index contributed by atoms with van der Waals surface area (Å²) >= 11 is 0. The fourth-order valence-electron chi connectivity index (χ4n) is 5.65. The molecule has 1 amide bonds. The lowest BCUT2D eigenvalue weighted by Gasteiger charge is -2.37. The SMILES string of the molecule is CC#CC[C@@H](CCC)C(=O)N1[C@@H]2C[C@H]3CC[C@]2(CS1(=O)=O)C3(C)C. The van der Waals surface area contributed by atoms with Crippen LogP contribution in [0.3, 0.4) is 0 Å². The van der Waals surface area contributed by atoms with E-state index >= 15 is 0 Å². The standard InChI is InChI=1S/C19H29NO3S/c1-5-7-9-14(8-6-2)17(21)20-16-12-15-10-11-19(16,18(15,3)4)13-24(20,22)23/h14-16H,6,8-13H2,1-4H3/t14-,15-,16-,19-/m1/s1. The molecule has 134 valence electrons. The summed E-state index contributed by atoms with van der Waals surface area (Å²) in [6.07, 6.45) is 4.90. The Kier molecular flexibility index (Phi) is 4.27. The lowest BCUT2D eigenvalue weighted by Crippen LogP contribution is -2.46. The molecule has 2 bridgehead atoms. The first-order valence-electron chi connectivity index (χ1n) is 9.17. The molecule has 5 heteroatoms. The van der Waals surface area contributed by atoms with Gasteiger partial charge in [0, 0.05) is 11.8 Å². The number of hydrogen-bond donors (Lipinski definition) is 0. The van der Waals surface area contributed by atoms with Crippen LogP contribution in [0.25, 0.3) is 0 Å². The Labute approximate surface area is 146 Å². The zero-order valence-electron chi connectivity index (χ0n) is 15.3. The van der Waals surface area contributed by atoms with Crippen molar-refractivity contribution in [2.75, 3.05) is 5.75 Å². The Bertz CT molecular complexity index is 700. The van der Waals surface area contributed by atoms with E-state index in [-0.39, 0.29) is 34.4 Å². The first kappa shape index (κ1) is 17.8. The molecule has 4 nitrogen and oxygen atoms in total. The maximum absolute atomic E-state index is 13.2. The zero-order chi connectivity index (χ0) is 17.8. The van der Waals surface area contributed by atoms with Crippen molar-refractivity contribution < 1.29 is 13.2 Å². The summed E-state index contributed by atoms with van der Waals surface area (Å²) in [6, 6.07) is -0.127. The summed E-state index contributed by atoms with van der Waals surface area (Å²) in [7, 11) is -3.51. The number of amides is 1. The highest BCUT2D eigenvalue weighted by Crippen LogP contribution is 2.70. The Hall–Kier alpha value is -1.02. The predicted molar refractivity (Wildman–Crippen MR) is 94.4 cm³/mol. The van der Waals surface area contributed by atoms with Crippen LogP contribution in [-0.4, -0.2) is 30.4 Å². The second kappa shape index (κ2) is 5.76. The van der Waals surface area contributed by atoms with E-state index in [4.69, 9.17) is 0 Å². The summed E-state index contributed by atoms with van der Waals surface area (Å²) in [5.41, 5.74) is -0.234. The number of hydrogen-bond acceptors (Lipinski definition) is 3. The fraction of sp³-hybridized carbons (Fsp3) is 0.842. The van der Waals surface area contributed by atoms with Gasteiger partial charge < -0.3 is 0 Å². The highest BCUT2D eigenvalue weighted by Gasteiger charge is 2.72. The number of sulfonamides is 1. The van der Waals surface area contributed by atoms with E-state index < -0.39 is 10.0 Å². The van der Waals surface area contributed by atoms with Gasteiger partial charge >= 0.3 is 0 Å². The van der Waals surface area contributed by atoms with E-state index in [0.29, 0.717) is 18.8 Å². The molecule has 3 fully saturated rings. The fourth-order valence-corrected chi connectivity index (χ4v) is 8.24. The molecule has 1 aliphatic heterocycles. The predicted octanol–water partition coefficient (Wildman–Crippen LogP) is 3.18. The van der Waals surface area contributed by atoms with E-state index in [1.807, 2.05) is 6.92 Å². The maximum Gasteiger partial charge on any atom is 0.240 e. The largest absolute Gasteiger partial charge is 0.273 e. The molecule has 1 heterocycles. The van der Waals surface area contributed by atoms with Crippen molar-refractivity contribution in [1.29, 1.82) is 0 Å². The topological polar surface area (TPSA) is 54.5 Å². The monoisotopic (exact) mass is 351 g/mol. The smallest absolute Gasteiger partial charge is 0.240 e. The third-order valence-corrected chi connectivity index (χ3v) is 9.05. The molecular weight excluding hydrogens is 322 g/mol. The summed E-state index contributed by atoms with van der Waals surface area (Å²) < 4.78 is 27.2. The zero-order valence-corrected chi connectivity index (χ0v) is 16.1. The highest BCUT2D eigenvalue weighted by atomic mass is 32.2. The first-order valence-corrected chi connectivity index (χ1v) is 10.8. The molecule has 0 radical (unpaired) electrons.